The van der Waals surface area contributed by atoms with E-state index >= 15 is 0 Å². The summed E-state index contributed by atoms with van der Waals surface area (Å²) in [6.45, 7) is 4.00. The largest absolute Gasteiger partial charge is 0.394 e. The van der Waals surface area contributed by atoms with Crippen LogP contribution in [0.1, 0.15) is 110 Å². The van der Waals surface area contributed by atoms with Gasteiger partial charge in [0.15, 0.2) is 0 Å². The average molecular weight is 566 g/mol. The second kappa shape index (κ2) is 31.8. The molecular weight excluding hydrogens is 506 g/mol. The SMILES string of the molecule is CC/C=C\C/C=C\C/C=C\C/C=C\C/C=C\C/C=C\C/C=C\CCCCCC(=O)NC(CO)C(O)/C=C/CCCC. The van der Waals surface area contributed by atoms with Crippen LogP contribution in [0.5, 0.6) is 0 Å². The molecular formula is C37H59NO3. The molecule has 0 aromatic heterocycles. The first-order chi connectivity index (χ1) is 20.2. The molecule has 41 heavy (non-hydrogen) atoms. The first-order valence-electron chi connectivity index (χ1n) is 16.0. The zero-order valence-corrected chi connectivity index (χ0v) is 26.0. The van der Waals surface area contributed by atoms with Gasteiger partial charge >= 0.3 is 0 Å². The van der Waals surface area contributed by atoms with E-state index in [1.807, 2.05) is 6.08 Å². The summed E-state index contributed by atoms with van der Waals surface area (Å²) in [7, 11) is 0. The summed E-state index contributed by atoms with van der Waals surface area (Å²) < 4.78 is 0. The molecule has 0 saturated heterocycles. The molecule has 0 rings (SSSR count). The highest BCUT2D eigenvalue weighted by molar-refractivity contribution is 5.76. The number of rotatable bonds is 26. The van der Waals surface area contributed by atoms with E-state index in [9.17, 15) is 15.0 Å². The van der Waals surface area contributed by atoms with Crippen molar-refractivity contribution in [2.45, 2.75) is 122 Å². The van der Waals surface area contributed by atoms with Crippen LogP contribution < -0.4 is 5.32 Å². The smallest absolute Gasteiger partial charge is 0.220 e. The molecule has 0 radical (unpaired) electrons. The van der Waals surface area contributed by atoms with Gasteiger partial charge in [0.25, 0.3) is 0 Å². The molecule has 0 fully saturated rings. The van der Waals surface area contributed by atoms with Crippen molar-refractivity contribution >= 4 is 5.91 Å². The molecule has 2 unspecified atom stereocenters. The Bertz CT molecular complexity index is 829. The molecule has 4 nitrogen and oxygen atoms in total. The van der Waals surface area contributed by atoms with E-state index in [0.29, 0.717) is 6.42 Å². The van der Waals surface area contributed by atoms with Crippen molar-refractivity contribution in [2.75, 3.05) is 6.61 Å². The third kappa shape index (κ3) is 28.6. The molecule has 0 heterocycles. The van der Waals surface area contributed by atoms with E-state index in [2.05, 4.69) is 104 Å². The summed E-state index contributed by atoms with van der Waals surface area (Å²) in [6.07, 6.45) is 48.1. The molecule has 0 spiro atoms. The zero-order valence-electron chi connectivity index (χ0n) is 26.0. The number of unbranched alkanes of at least 4 members (excludes halogenated alkanes) is 5. The van der Waals surface area contributed by atoms with Crippen LogP contribution in [0.3, 0.4) is 0 Å². The summed E-state index contributed by atoms with van der Waals surface area (Å²) in [4.78, 5) is 12.1. The fourth-order valence-corrected chi connectivity index (χ4v) is 3.84. The van der Waals surface area contributed by atoms with Crippen LogP contribution >= 0.6 is 0 Å². The number of nitrogens with one attached hydrogen (secondary N) is 1. The molecule has 0 aromatic rings. The first kappa shape index (κ1) is 38.3. The Balaban J connectivity index is 3.73. The van der Waals surface area contributed by atoms with Gasteiger partial charge < -0.3 is 15.5 Å². The van der Waals surface area contributed by atoms with Crippen molar-refractivity contribution in [1.82, 2.24) is 5.32 Å². The van der Waals surface area contributed by atoms with Gasteiger partial charge in [0.05, 0.1) is 18.8 Å². The Hall–Kier alpha value is -2.69. The maximum atomic E-state index is 12.1. The van der Waals surface area contributed by atoms with Crippen LogP contribution in [0.25, 0.3) is 0 Å². The lowest BCUT2D eigenvalue weighted by Crippen LogP contribution is -2.45. The predicted octanol–water partition coefficient (Wildman–Crippen LogP) is 9.17. The number of hydrogen-bond donors (Lipinski definition) is 3. The summed E-state index contributed by atoms with van der Waals surface area (Å²) >= 11 is 0. The van der Waals surface area contributed by atoms with E-state index in [1.54, 1.807) is 6.08 Å². The molecule has 4 heteroatoms. The maximum absolute atomic E-state index is 12.1. The second-order valence-electron chi connectivity index (χ2n) is 10.1. The highest BCUT2D eigenvalue weighted by atomic mass is 16.3. The van der Waals surface area contributed by atoms with Crippen molar-refractivity contribution in [3.63, 3.8) is 0 Å². The van der Waals surface area contributed by atoms with Crippen LogP contribution in [-0.2, 0) is 4.79 Å². The number of aliphatic hydroxyl groups is 2. The van der Waals surface area contributed by atoms with Gasteiger partial charge in [-0.2, -0.15) is 0 Å². The number of amides is 1. The minimum absolute atomic E-state index is 0.113. The number of hydrogen-bond acceptors (Lipinski definition) is 3. The standard InChI is InChI=1S/C37H59NO3/c1-3-5-7-9-10-11-12-13-14-15-16-17-18-19-20-21-22-23-24-25-26-27-28-29-31-33-37(41)38-35(34-39)36(40)32-30-8-6-4-2/h5,7,10-11,13-14,16-17,19-20,22-23,25-26,30,32,35-36,39-40H,3-4,6,8-9,12,15,18,21,24,27-29,31,33-34H2,1-2H3,(H,38,41)/b7-5-,11-10-,14-13-,17-16-,20-19-,23-22-,26-25-,32-30+. The topological polar surface area (TPSA) is 69.6 Å². The van der Waals surface area contributed by atoms with E-state index in [0.717, 1.165) is 89.9 Å². The number of aliphatic hydroxyl groups excluding tert-OH is 2. The fourth-order valence-electron chi connectivity index (χ4n) is 3.84. The monoisotopic (exact) mass is 565 g/mol. The maximum Gasteiger partial charge on any atom is 0.220 e. The Kier molecular flexibility index (Phi) is 29.7. The van der Waals surface area contributed by atoms with Gasteiger partial charge in [-0.3, -0.25) is 4.79 Å². The molecule has 0 aliphatic rings. The Morgan fingerprint density at radius 3 is 1.54 bits per heavy atom. The minimum Gasteiger partial charge on any atom is -0.394 e. The Morgan fingerprint density at radius 2 is 1.07 bits per heavy atom. The molecule has 0 aliphatic heterocycles. The lowest BCUT2D eigenvalue weighted by molar-refractivity contribution is -0.123. The van der Waals surface area contributed by atoms with Crippen molar-refractivity contribution in [3.8, 4) is 0 Å². The highest BCUT2D eigenvalue weighted by Crippen LogP contribution is 2.06. The number of carbonyl (C=O) groups excluding carboxylic acids is 1. The number of carbonyl (C=O) groups is 1. The van der Waals surface area contributed by atoms with Crippen LogP contribution in [-0.4, -0.2) is 34.9 Å². The van der Waals surface area contributed by atoms with E-state index in [4.69, 9.17) is 0 Å². The van der Waals surface area contributed by atoms with Gasteiger partial charge in [-0.05, 0) is 70.6 Å². The van der Waals surface area contributed by atoms with Crippen LogP contribution in [0, 0.1) is 0 Å². The molecule has 0 aromatic carbocycles. The van der Waals surface area contributed by atoms with Gasteiger partial charge in [0.2, 0.25) is 5.91 Å². The molecule has 2 atom stereocenters. The van der Waals surface area contributed by atoms with Gasteiger partial charge in [-0.15, -0.1) is 0 Å². The molecule has 3 N–H and O–H groups in total. The molecule has 0 bridgehead atoms. The Morgan fingerprint density at radius 1 is 0.610 bits per heavy atom. The molecule has 0 saturated carbocycles. The lowest BCUT2D eigenvalue weighted by Gasteiger charge is -2.19. The van der Waals surface area contributed by atoms with Crippen LogP contribution in [0.4, 0.5) is 0 Å². The van der Waals surface area contributed by atoms with Crippen LogP contribution in [0.15, 0.2) is 97.2 Å². The van der Waals surface area contributed by atoms with Crippen LogP contribution in [0.2, 0.25) is 0 Å². The van der Waals surface area contributed by atoms with E-state index < -0.39 is 12.1 Å². The summed E-state index contributed by atoms with van der Waals surface area (Å²) in [5.74, 6) is -0.113. The molecule has 230 valence electrons. The average Bonchev–Trinajstić information content (AvgIpc) is 2.98. The van der Waals surface area contributed by atoms with E-state index in [1.165, 1.54) is 0 Å². The summed E-state index contributed by atoms with van der Waals surface area (Å²) in [5.41, 5.74) is 0. The van der Waals surface area contributed by atoms with Crippen molar-refractivity contribution in [2.24, 2.45) is 0 Å². The van der Waals surface area contributed by atoms with Gasteiger partial charge in [0, 0.05) is 6.42 Å². The van der Waals surface area contributed by atoms with Crippen molar-refractivity contribution < 1.29 is 15.0 Å². The van der Waals surface area contributed by atoms with Crippen molar-refractivity contribution in [3.05, 3.63) is 97.2 Å². The van der Waals surface area contributed by atoms with Gasteiger partial charge in [-0.25, -0.2) is 0 Å². The fraction of sp³-hybridized carbons (Fsp3) is 0.541. The van der Waals surface area contributed by atoms with Crippen molar-refractivity contribution in [1.29, 1.82) is 0 Å². The zero-order chi connectivity index (χ0) is 30.1. The molecule has 0 aliphatic carbocycles. The summed E-state index contributed by atoms with van der Waals surface area (Å²) in [5, 5.41) is 22.4. The third-order valence-corrected chi connectivity index (χ3v) is 6.32. The van der Waals surface area contributed by atoms with Gasteiger partial charge in [0.1, 0.15) is 0 Å². The first-order valence-corrected chi connectivity index (χ1v) is 16.0. The second-order valence-corrected chi connectivity index (χ2v) is 10.1. The lowest BCUT2D eigenvalue weighted by atomic mass is 10.1. The molecule has 1 amide bonds. The van der Waals surface area contributed by atoms with E-state index in [-0.39, 0.29) is 12.5 Å². The third-order valence-electron chi connectivity index (χ3n) is 6.32. The quantitative estimate of drug-likeness (QED) is 0.0723. The number of allylic oxidation sites excluding steroid dienone is 15. The highest BCUT2D eigenvalue weighted by Gasteiger charge is 2.17. The minimum atomic E-state index is -0.855. The predicted molar refractivity (Wildman–Crippen MR) is 179 cm³/mol. The van der Waals surface area contributed by atoms with Gasteiger partial charge in [-0.1, -0.05) is 130 Å². The normalized spacial score (nSPS) is 14.5. The Labute approximate surface area is 252 Å². The summed E-state index contributed by atoms with van der Waals surface area (Å²) in [6, 6.07) is -0.641.